The first-order chi connectivity index (χ1) is 8.93. The van der Waals surface area contributed by atoms with Crippen molar-refractivity contribution < 1.29 is 4.74 Å². The predicted molar refractivity (Wildman–Crippen MR) is 69.7 cm³/mol. The standard InChI is InChI=1S/C13H22N4O/c1(2-16-4-6-18-7-5-16)3-17-11-15-10-13(17)12-8-14-9-12/h10-12,14H,1-9H2. The van der Waals surface area contributed by atoms with Crippen molar-refractivity contribution >= 4 is 0 Å². The number of ether oxygens (including phenoxy) is 1. The highest BCUT2D eigenvalue weighted by atomic mass is 16.5. The summed E-state index contributed by atoms with van der Waals surface area (Å²) in [4.78, 5) is 6.78. The third-order valence-electron chi connectivity index (χ3n) is 3.92. The molecule has 0 bridgehead atoms. The van der Waals surface area contributed by atoms with E-state index in [-0.39, 0.29) is 0 Å². The zero-order valence-corrected chi connectivity index (χ0v) is 10.8. The molecule has 0 atom stereocenters. The van der Waals surface area contributed by atoms with Gasteiger partial charge in [0.1, 0.15) is 0 Å². The molecule has 5 heteroatoms. The molecule has 0 radical (unpaired) electrons. The highest BCUT2D eigenvalue weighted by molar-refractivity contribution is 5.11. The van der Waals surface area contributed by atoms with E-state index < -0.39 is 0 Å². The van der Waals surface area contributed by atoms with Gasteiger partial charge in [-0.15, -0.1) is 0 Å². The second kappa shape index (κ2) is 5.82. The largest absolute Gasteiger partial charge is 0.379 e. The molecule has 18 heavy (non-hydrogen) atoms. The Bertz CT molecular complexity index is 369. The zero-order valence-electron chi connectivity index (χ0n) is 10.8. The summed E-state index contributed by atoms with van der Waals surface area (Å²) in [6.45, 7) is 8.43. The van der Waals surface area contributed by atoms with Gasteiger partial charge >= 0.3 is 0 Å². The Labute approximate surface area is 108 Å². The first-order valence-corrected chi connectivity index (χ1v) is 6.94. The number of hydrogen-bond donors (Lipinski definition) is 1. The Balaban J connectivity index is 1.46. The maximum Gasteiger partial charge on any atom is 0.0948 e. The minimum atomic E-state index is 0.677. The smallest absolute Gasteiger partial charge is 0.0948 e. The molecule has 1 aromatic rings. The third kappa shape index (κ3) is 2.74. The van der Waals surface area contributed by atoms with Gasteiger partial charge in [-0.3, -0.25) is 4.90 Å². The number of nitrogens with zero attached hydrogens (tertiary/aromatic N) is 3. The normalized spacial score (nSPS) is 22.0. The molecule has 3 heterocycles. The van der Waals surface area contributed by atoms with Crippen molar-refractivity contribution in [3.63, 3.8) is 0 Å². The molecule has 2 fully saturated rings. The average molecular weight is 250 g/mol. The summed E-state index contributed by atoms with van der Waals surface area (Å²) in [5.41, 5.74) is 1.40. The lowest BCUT2D eigenvalue weighted by Gasteiger charge is -2.29. The molecule has 1 N–H and O–H groups in total. The number of hydrogen-bond acceptors (Lipinski definition) is 4. The molecular formula is C13H22N4O. The fourth-order valence-corrected chi connectivity index (χ4v) is 2.64. The van der Waals surface area contributed by atoms with E-state index in [0.717, 1.165) is 45.9 Å². The second-order valence-corrected chi connectivity index (χ2v) is 5.17. The van der Waals surface area contributed by atoms with Crippen molar-refractivity contribution in [2.75, 3.05) is 45.9 Å². The van der Waals surface area contributed by atoms with E-state index >= 15 is 0 Å². The molecule has 1 aromatic heterocycles. The Morgan fingerprint density at radius 1 is 1.28 bits per heavy atom. The maximum absolute atomic E-state index is 5.36. The molecule has 0 spiro atoms. The Morgan fingerprint density at radius 3 is 2.83 bits per heavy atom. The number of nitrogens with one attached hydrogen (secondary N) is 1. The second-order valence-electron chi connectivity index (χ2n) is 5.17. The molecule has 100 valence electrons. The number of aromatic nitrogens is 2. The maximum atomic E-state index is 5.36. The summed E-state index contributed by atoms with van der Waals surface area (Å²) < 4.78 is 7.69. The zero-order chi connectivity index (χ0) is 12.2. The number of imidazole rings is 1. The van der Waals surface area contributed by atoms with E-state index in [2.05, 4.69) is 19.8 Å². The first kappa shape index (κ1) is 12.1. The van der Waals surface area contributed by atoms with Gasteiger partial charge in [0.25, 0.3) is 0 Å². The van der Waals surface area contributed by atoms with Crippen LogP contribution in [0.5, 0.6) is 0 Å². The number of aryl methyl sites for hydroxylation is 1. The molecule has 3 rings (SSSR count). The lowest BCUT2D eigenvalue weighted by atomic mass is 10.00. The molecule has 0 amide bonds. The first-order valence-electron chi connectivity index (χ1n) is 6.94. The van der Waals surface area contributed by atoms with Gasteiger partial charge in [-0.2, -0.15) is 0 Å². The van der Waals surface area contributed by atoms with Crippen LogP contribution >= 0.6 is 0 Å². The van der Waals surface area contributed by atoms with E-state index in [9.17, 15) is 0 Å². The van der Waals surface area contributed by atoms with E-state index in [1.54, 1.807) is 0 Å². The predicted octanol–water partition coefficient (Wildman–Crippen LogP) is 0.292. The van der Waals surface area contributed by atoms with Crippen LogP contribution in [0.15, 0.2) is 12.5 Å². The fourth-order valence-electron chi connectivity index (χ4n) is 2.64. The summed E-state index contributed by atoms with van der Waals surface area (Å²) in [7, 11) is 0. The highest BCUT2D eigenvalue weighted by Crippen LogP contribution is 2.19. The van der Waals surface area contributed by atoms with Crippen LogP contribution in [-0.2, 0) is 11.3 Å². The number of rotatable bonds is 5. The molecule has 2 aliphatic heterocycles. The van der Waals surface area contributed by atoms with Gasteiger partial charge in [0.2, 0.25) is 0 Å². The van der Waals surface area contributed by atoms with Crippen LogP contribution in [0.3, 0.4) is 0 Å². The molecule has 0 aliphatic carbocycles. The van der Waals surface area contributed by atoms with Gasteiger partial charge < -0.3 is 14.6 Å². The monoisotopic (exact) mass is 250 g/mol. The summed E-state index contributed by atoms with van der Waals surface area (Å²) in [5, 5.41) is 3.32. The Morgan fingerprint density at radius 2 is 2.11 bits per heavy atom. The van der Waals surface area contributed by atoms with Gasteiger partial charge in [-0.25, -0.2) is 4.98 Å². The van der Waals surface area contributed by atoms with Crippen molar-refractivity contribution in [1.82, 2.24) is 19.8 Å². The quantitative estimate of drug-likeness (QED) is 0.816. The van der Waals surface area contributed by atoms with Crippen LogP contribution in [-0.4, -0.2) is 60.4 Å². The molecule has 0 saturated carbocycles. The van der Waals surface area contributed by atoms with Gasteiger partial charge in [-0.05, 0) is 6.42 Å². The molecule has 5 nitrogen and oxygen atoms in total. The average Bonchev–Trinajstić information content (AvgIpc) is 2.77. The summed E-state index contributed by atoms with van der Waals surface area (Å²) >= 11 is 0. The molecule has 0 unspecified atom stereocenters. The minimum absolute atomic E-state index is 0.677. The SMILES string of the molecule is c1ncn(CCCN2CCOCC2)c1C1CNC1. The molecule has 2 saturated heterocycles. The van der Waals surface area contributed by atoms with E-state index in [1.807, 2.05) is 12.5 Å². The lowest BCUT2D eigenvalue weighted by Crippen LogP contribution is -2.41. The Kier molecular flexibility index (Phi) is 3.93. The lowest BCUT2D eigenvalue weighted by molar-refractivity contribution is 0.0369. The van der Waals surface area contributed by atoms with Gasteiger partial charge in [0.15, 0.2) is 0 Å². The summed E-state index contributed by atoms with van der Waals surface area (Å²) in [6, 6.07) is 0. The summed E-state index contributed by atoms with van der Waals surface area (Å²) in [5.74, 6) is 0.677. The fraction of sp³-hybridized carbons (Fsp3) is 0.769. The van der Waals surface area contributed by atoms with Crippen molar-refractivity contribution in [3.8, 4) is 0 Å². The van der Waals surface area contributed by atoms with E-state index in [1.165, 1.54) is 18.7 Å². The third-order valence-corrected chi connectivity index (χ3v) is 3.92. The van der Waals surface area contributed by atoms with Gasteiger partial charge in [0.05, 0.1) is 19.5 Å². The molecule has 0 aromatic carbocycles. The van der Waals surface area contributed by atoms with Crippen LogP contribution in [0.2, 0.25) is 0 Å². The Hall–Kier alpha value is -0.910. The highest BCUT2D eigenvalue weighted by Gasteiger charge is 2.22. The van der Waals surface area contributed by atoms with E-state index in [4.69, 9.17) is 4.74 Å². The summed E-state index contributed by atoms with van der Waals surface area (Å²) in [6.07, 6.45) is 5.21. The van der Waals surface area contributed by atoms with E-state index in [0.29, 0.717) is 5.92 Å². The molecular weight excluding hydrogens is 228 g/mol. The van der Waals surface area contributed by atoms with Crippen molar-refractivity contribution in [3.05, 3.63) is 18.2 Å². The van der Waals surface area contributed by atoms with Crippen LogP contribution in [0.25, 0.3) is 0 Å². The van der Waals surface area contributed by atoms with Crippen LogP contribution in [0.4, 0.5) is 0 Å². The molecule has 2 aliphatic rings. The van der Waals surface area contributed by atoms with Gasteiger partial charge in [0, 0.05) is 57.1 Å². The minimum Gasteiger partial charge on any atom is -0.379 e. The van der Waals surface area contributed by atoms with Crippen molar-refractivity contribution in [2.24, 2.45) is 0 Å². The van der Waals surface area contributed by atoms with Gasteiger partial charge in [-0.1, -0.05) is 0 Å². The van der Waals surface area contributed by atoms with Crippen molar-refractivity contribution in [2.45, 2.75) is 18.9 Å². The topological polar surface area (TPSA) is 42.3 Å². The number of morpholine rings is 1. The van der Waals surface area contributed by atoms with Crippen LogP contribution < -0.4 is 5.32 Å². The van der Waals surface area contributed by atoms with Crippen LogP contribution in [0.1, 0.15) is 18.0 Å². The van der Waals surface area contributed by atoms with Crippen LogP contribution in [0, 0.1) is 0 Å². The van der Waals surface area contributed by atoms with Crippen molar-refractivity contribution in [1.29, 1.82) is 0 Å².